The zero-order chi connectivity index (χ0) is 19.5. The fourth-order valence-electron chi connectivity index (χ4n) is 3.80. The molecule has 1 aliphatic carbocycles. The predicted molar refractivity (Wildman–Crippen MR) is 111 cm³/mol. The van der Waals surface area contributed by atoms with Crippen molar-refractivity contribution >= 4 is 29.5 Å². The Kier molecular flexibility index (Phi) is 5.49. The molecule has 1 heterocycles. The first-order valence-corrected chi connectivity index (χ1v) is 10.1. The molecule has 0 bridgehead atoms. The molecule has 4 rings (SSSR count). The first kappa shape index (κ1) is 18.8. The molecule has 0 N–H and O–H groups in total. The standard InChI is InChI=1S/C23H23ClN2O2/c24-21-9-5-4-8-18(21)10-11-22(27)25-12-14-26(15-13-25)23(28)20-16-19(20)17-6-2-1-3-7-17/h1-11,19-20H,12-16H2/b11-10+/t19-,20+/m0/s1. The lowest BCUT2D eigenvalue weighted by atomic mass is 10.1. The van der Waals surface area contributed by atoms with Gasteiger partial charge in [0, 0.05) is 43.2 Å². The zero-order valence-corrected chi connectivity index (χ0v) is 16.4. The van der Waals surface area contributed by atoms with Crippen molar-refractivity contribution in [1.82, 2.24) is 9.80 Å². The first-order chi connectivity index (χ1) is 13.6. The highest BCUT2D eigenvalue weighted by molar-refractivity contribution is 6.32. The second kappa shape index (κ2) is 8.19. The molecule has 0 spiro atoms. The van der Waals surface area contributed by atoms with Gasteiger partial charge in [0.15, 0.2) is 0 Å². The maximum absolute atomic E-state index is 12.8. The molecule has 2 atom stereocenters. The molecule has 28 heavy (non-hydrogen) atoms. The number of nitrogens with zero attached hydrogens (tertiary/aromatic N) is 2. The smallest absolute Gasteiger partial charge is 0.246 e. The SMILES string of the molecule is O=C(/C=C/c1ccccc1Cl)N1CCN(C(=O)[C@@H]2C[C@H]2c2ccccc2)CC1. The van der Waals surface area contributed by atoms with E-state index in [1.165, 1.54) is 5.56 Å². The second-order valence-electron chi connectivity index (χ2n) is 7.36. The summed E-state index contributed by atoms with van der Waals surface area (Å²) in [5, 5.41) is 0.624. The van der Waals surface area contributed by atoms with Crippen LogP contribution in [0.15, 0.2) is 60.7 Å². The van der Waals surface area contributed by atoms with E-state index >= 15 is 0 Å². The number of carbonyl (C=O) groups is 2. The molecule has 1 saturated carbocycles. The summed E-state index contributed by atoms with van der Waals surface area (Å²) < 4.78 is 0. The van der Waals surface area contributed by atoms with Crippen LogP contribution < -0.4 is 0 Å². The lowest BCUT2D eigenvalue weighted by molar-refractivity contribution is -0.138. The maximum Gasteiger partial charge on any atom is 0.246 e. The van der Waals surface area contributed by atoms with Crippen LogP contribution in [0.25, 0.3) is 6.08 Å². The number of piperazine rings is 1. The normalized spacial score (nSPS) is 21.8. The largest absolute Gasteiger partial charge is 0.339 e. The number of halogens is 1. The van der Waals surface area contributed by atoms with Crippen LogP contribution in [-0.2, 0) is 9.59 Å². The fourth-order valence-corrected chi connectivity index (χ4v) is 3.99. The molecule has 2 amide bonds. The Balaban J connectivity index is 1.28. The van der Waals surface area contributed by atoms with Crippen LogP contribution in [0.4, 0.5) is 0 Å². The van der Waals surface area contributed by atoms with Crippen LogP contribution in [0.3, 0.4) is 0 Å². The highest BCUT2D eigenvalue weighted by atomic mass is 35.5. The Bertz CT molecular complexity index is 888. The molecule has 2 aliphatic rings. The van der Waals surface area contributed by atoms with Gasteiger partial charge in [0.25, 0.3) is 0 Å². The summed E-state index contributed by atoms with van der Waals surface area (Å²) in [6, 6.07) is 17.7. The Labute approximate surface area is 170 Å². The molecule has 2 fully saturated rings. The third-order valence-corrected chi connectivity index (χ3v) is 5.89. The van der Waals surface area contributed by atoms with Gasteiger partial charge in [-0.3, -0.25) is 9.59 Å². The monoisotopic (exact) mass is 394 g/mol. The molecule has 144 valence electrons. The Morgan fingerprint density at radius 1 is 0.893 bits per heavy atom. The summed E-state index contributed by atoms with van der Waals surface area (Å²) in [6.07, 6.45) is 4.24. The van der Waals surface area contributed by atoms with E-state index in [9.17, 15) is 9.59 Å². The van der Waals surface area contributed by atoms with Gasteiger partial charge < -0.3 is 9.80 Å². The summed E-state index contributed by atoms with van der Waals surface area (Å²) in [5.74, 6) is 0.643. The minimum absolute atomic E-state index is 0.0411. The Hall–Kier alpha value is -2.59. The Morgan fingerprint density at radius 3 is 2.25 bits per heavy atom. The summed E-state index contributed by atoms with van der Waals surface area (Å²) in [4.78, 5) is 28.9. The maximum atomic E-state index is 12.8. The minimum Gasteiger partial charge on any atom is -0.339 e. The quantitative estimate of drug-likeness (QED) is 0.739. The van der Waals surface area contributed by atoms with Crippen LogP contribution in [0.1, 0.15) is 23.5 Å². The van der Waals surface area contributed by atoms with Crippen LogP contribution in [0.5, 0.6) is 0 Å². The van der Waals surface area contributed by atoms with E-state index in [2.05, 4.69) is 12.1 Å². The summed E-state index contributed by atoms with van der Waals surface area (Å²) in [6.45, 7) is 2.34. The molecule has 0 aromatic heterocycles. The van der Waals surface area contributed by atoms with E-state index in [0.717, 1.165) is 12.0 Å². The average molecular weight is 395 g/mol. The van der Waals surface area contributed by atoms with Crippen LogP contribution in [0, 0.1) is 5.92 Å². The number of hydrogen-bond acceptors (Lipinski definition) is 2. The van der Waals surface area contributed by atoms with Gasteiger partial charge >= 0.3 is 0 Å². The van der Waals surface area contributed by atoms with E-state index in [0.29, 0.717) is 37.1 Å². The molecule has 2 aromatic rings. The second-order valence-corrected chi connectivity index (χ2v) is 7.77. The van der Waals surface area contributed by atoms with Gasteiger partial charge in [-0.2, -0.15) is 0 Å². The van der Waals surface area contributed by atoms with E-state index in [-0.39, 0.29) is 17.7 Å². The average Bonchev–Trinajstić information content (AvgIpc) is 3.54. The number of carbonyl (C=O) groups excluding carboxylic acids is 2. The molecule has 1 aliphatic heterocycles. The Morgan fingerprint density at radius 2 is 1.54 bits per heavy atom. The summed E-state index contributed by atoms with van der Waals surface area (Å²) in [7, 11) is 0. The van der Waals surface area contributed by atoms with Crippen molar-refractivity contribution in [3.8, 4) is 0 Å². The van der Waals surface area contributed by atoms with Crippen molar-refractivity contribution in [1.29, 1.82) is 0 Å². The van der Waals surface area contributed by atoms with Gasteiger partial charge in [-0.15, -0.1) is 0 Å². The van der Waals surface area contributed by atoms with Gasteiger partial charge in [0.2, 0.25) is 11.8 Å². The number of benzene rings is 2. The fraction of sp³-hybridized carbons (Fsp3) is 0.304. The molecule has 0 radical (unpaired) electrons. The van der Waals surface area contributed by atoms with Crippen LogP contribution in [-0.4, -0.2) is 47.8 Å². The molecular weight excluding hydrogens is 372 g/mol. The minimum atomic E-state index is -0.0411. The molecule has 1 saturated heterocycles. The predicted octanol–water partition coefficient (Wildman–Crippen LogP) is 3.83. The topological polar surface area (TPSA) is 40.6 Å². The van der Waals surface area contributed by atoms with Crippen molar-refractivity contribution in [3.63, 3.8) is 0 Å². The van der Waals surface area contributed by atoms with E-state index < -0.39 is 0 Å². The van der Waals surface area contributed by atoms with Gasteiger partial charge in [-0.25, -0.2) is 0 Å². The number of hydrogen-bond donors (Lipinski definition) is 0. The molecule has 5 heteroatoms. The van der Waals surface area contributed by atoms with Crippen molar-refractivity contribution < 1.29 is 9.59 Å². The number of amides is 2. The third-order valence-electron chi connectivity index (χ3n) is 5.55. The van der Waals surface area contributed by atoms with Crippen molar-refractivity contribution in [2.24, 2.45) is 5.92 Å². The van der Waals surface area contributed by atoms with Crippen LogP contribution in [0.2, 0.25) is 5.02 Å². The van der Waals surface area contributed by atoms with E-state index in [4.69, 9.17) is 11.6 Å². The lowest BCUT2D eigenvalue weighted by Crippen LogP contribution is -2.50. The molecule has 2 aromatic carbocycles. The lowest BCUT2D eigenvalue weighted by Gasteiger charge is -2.34. The zero-order valence-electron chi connectivity index (χ0n) is 15.6. The van der Waals surface area contributed by atoms with Crippen molar-refractivity contribution in [2.75, 3.05) is 26.2 Å². The highest BCUT2D eigenvalue weighted by Gasteiger charge is 2.46. The van der Waals surface area contributed by atoms with E-state index in [1.54, 1.807) is 23.1 Å². The number of rotatable bonds is 4. The highest BCUT2D eigenvalue weighted by Crippen LogP contribution is 2.48. The van der Waals surface area contributed by atoms with Crippen molar-refractivity contribution in [2.45, 2.75) is 12.3 Å². The van der Waals surface area contributed by atoms with Gasteiger partial charge in [-0.1, -0.05) is 60.1 Å². The molecular formula is C23H23ClN2O2. The van der Waals surface area contributed by atoms with Crippen LogP contribution >= 0.6 is 11.6 Å². The summed E-state index contributed by atoms with van der Waals surface area (Å²) in [5.41, 5.74) is 2.08. The third kappa shape index (κ3) is 4.12. The van der Waals surface area contributed by atoms with E-state index in [1.807, 2.05) is 41.3 Å². The molecule has 0 unspecified atom stereocenters. The van der Waals surface area contributed by atoms with Gasteiger partial charge in [-0.05, 0) is 35.6 Å². The summed E-state index contributed by atoms with van der Waals surface area (Å²) >= 11 is 6.12. The molecule has 4 nitrogen and oxygen atoms in total. The van der Waals surface area contributed by atoms with Crippen molar-refractivity contribution in [3.05, 3.63) is 76.8 Å². The van der Waals surface area contributed by atoms with Gasteiger partial charge in [0.1, 0.15) is 0 Å². The van der Waals surface area contributed by atoms with Gasteiger partial charge in [0.05, 0.1) is 0 Å². The first-order valence-electron chi connectivity index (χ1n) is 9.69.